The summed E-state index contributed by atoms with van der Waals surface area (Å²) < 4.78 is 18.6. The highest BCUT2D eigenvalue weighted by Gasteiger charge is 2.25. The molecule has 1 amide bonds. The quantitative estimate of drug-likeness (QED) is 0.645. The summed E-state index contributed by atoms with van der Waals surface area (Å²) in [6.07, 6.45) is 5.62. The smallest absolute Gasteiger partial charge is 0.251 e. The number of carbonyl (C=O) groups is 1. The van der Waals surface area contributed by atoms with Crippen molar-refractivity contribution in [3.63, 3.8) is 0 Å². The van der Waals surface area contributed by atoms with Gasteiger partial charge in [-0.25, -0.2) is 4.98 Å². The van der Waals surface area contributed by atoms with Gasteiger partial charge in [-0.2, -0.15) is 0 Å². The van der Waals surface area contributed by atoms with E-state index < -0.39 is 0 Å². The van der Waals surface area contributed by atoms with Crippen LogP contribution in [0.1, 0.15) is 28.8 Å². The van der Waals surface area contributed by atoms with Gasteiger partial charge >= 0.3 is 0 Å². The zero-order valence-electron chi connectivity index (χ0n) is 17.6. The van der Waals surface area contributed by atoms with E-state index >= 15 is 0 Å². The van der Waals surface area contributed by atoms with Gasteiger partial charge in [0.15, 0.2) is 11.5 Å². The van der Waals surface area contributed by atoms with Crippen LogP contribution in [0, 0.1) is 6.92 Å². The normalized spacial score (nSPS) is 13.1. The summed E-state index contributed by atoms with van der Waals surface area (Å²) in [6, 6.07) is 9.59. The molecule has 7 heteroatoms. The Morgan fingerprint density at radius 2 is 1.83 bits per heavy atom. The van der Waals surface area contributed by atoms with E-state index in [0.717, 1.165) is 29.7 Å². The van der Waals surface area contributed by atoms with Gasteiger partial charge in [-0.05, 0) is 55.7 Å². The second-order valence-corrected chi connectivity index (χ2v) is 7.30. The highest BCUT2D eigenvalue weighted by Crippen LogP contribution is 2.40. The van der Waals surface area contributed by atoms with Crippen molar-refractivity contribution in [2.45, 2.75) is 25.8 Å². The largest absolute Gasteiger partial charge is 0.495 e. The molecule has 4 rings (SSSR count). The first-order valence-corrected chi connectivity index (χ1v) is 9.81. The molecular formula is C23H25N3O4. The van der Waals surface area contributed by atoms with E-state index in [-0.39, 0.29) is 11.9 Å². The summed E-state index contributed by atoms with van der Waals surface area (Å²) in [4.78, 5) is 17.2. The summed E-state index contributed by atoms with van der Waals surface area (Å²) in [5, 5.41) is 3.03. The van der Waals surface area contributed by atoms with E-state index in [1.165, 1.54) is 0 Å². The summed E-state index contributed by atoms with van der Waals surface area (Å²) >= 11 is 0. The summed E-state index contributed by atoms with van der Waals surface area (Å²) in [5.74, 6) is 2.43. The maximum atomic E-state index is 12.6. The van der Waals surface area contributed by atoms with Gasteiger partial charge in [0.25, 0.3) is 5.91 Å². The predicted octanol–water partition coefficient (Wildman–Crippen LogP) is 3.77. The lowest BCUT2D eigenvalue weighted by Crippen LogP contribution is -2.25. The van der Waals surface area contributed by atoms with E-state index in [1.807, 2.05) is 35.9 Å². The number of nitrogens with zero attached hydrogens (tertiary/aromatic N) is 2. The number of aryl methyl sites for hydroxylation is 1. The molecule has 1 fully saturated rings. The number of ether oxygens (including phenoxy) is 3. The molecule has 0 spiro atoms. The van der Waals surface area contributed by atoms with Crippen LogP contribution in [0.5, 0.6) is 17.2 Å². The molecule has 0 aliphatic heterocycles. The van der Waals surface area contributed by atoms with Crippen molar-refractivity contribution in [3.8, 4) is 34.3 Å². The molecule has 156 valence electrons. The number of imidazole rings is 1. The van der Waals surface area contributed by atoms with Crippen LogP contribution in [0.3, 0.4) is 0 Å². The van der Waals surface area contributed by atoms with Gasteiger partial charge in [-0.1, -0.05) is 0 Å². The van der Waals surface area contributed by atoms with Gasteiger partial charge in [0.05, 0.1) is 32.6 Å². The molecule has 2 aromatic carbocycles. The predicted molar refractivity (Wildman–Crippen MR) is 114 cm³/mol. The molecule has 1 heterocycles. The lowest BCUT2D eigenvalue weighted by molar-refractivity contribution is 0.0951. The van der Waals surface area contributed by atoms with Crippen LogP contribution >= 0.6 is 0 Å². The molecule has 0 bridgehead atoms. The fourth-order valence-electron chi connectivity index (χ4n) is 3.48. The molecule has 0 atom stereocenters. The van der Waals surface area contributed by atoms with E-state index in [9.17, 15) is 4.79 Å². The van der Waals surface area contributed by atoms with Crippen LogP contribution in [0.4, 0.5) is 0 Å². The van der Waals surface area contributed by atoms with Crippen LogP contribution in [0.15, 0.2) is 42.7 Å². The van der Waals surface area contributed by atoms with E-state index in [0.29, 0.717) is 28.6 Å². The van der Waals surface area contributed by atoms with Crippen LogP contribution < -0.4 is 19.5 Å². The molecule has 1 aliphatic rings. The fourth-order valence-corrected chi connectivity index (χ4v) is 3.48. The number of methoxy groups -OCH3 is 3. The second kappa shape index (κ2) is 8.10. The second-order valence-electron chi connectivity index (χ2n) is 7.30. The first-order valence-electron chi connectivity index (χ1n) is 9.81. The van der Waals surface area contributed by atoms with Gasteiger partial charge in [0.1, 0.15) is 11.6 Å². The minimum absolute atomic E-state index is 0.0853. The lowest BCUT2D eigenvalue weighted by Gasteiger charge is -2.17. The molecule has 7 nitrogen and oxygen atoms in total. The van der Waals surface area contributed by atoms with Crippen molar-refractivity contribution in [1.29, 1.82) is 0 Å². The monoisotopic (exact) mass is 407 g/mol. The Morgan fingerprint density at radius 3 is 2.50 bits per heavy atom. The van der Waals surface area contributed by atoms with Crippen LogP contribution in [0.25, 0.3) is 17.1 Å². The third-order valence-corrected chi connectivity index (χ3v) is 5.12. The SMILES string of the molecule is COc1ccc(C(=O)NC2CC2)cc1-n1ccnc1-c1cc(C)cc(OC)c1OC. The van der Waals surface area contributed by atoms with E-state index in [2.05, 4.69) is 10.3 Å². The Bertz CT molecular complexity index is 1090. The first-order chi connectivity index (χ1) is 14.5. The maximum absolute atomic E-state index is 12.6. The van der Waals surface area contributed by atoms with Gasteiger partial charge in [0, 0.05) is 24.0 Å². The number of rotatable bonds is 7. The van der Waals surface area contributed by atoms with Crippen molar-refractivity contribution in [3.05, 3.63) is 53.9 Å². The van der Waals surface area contributed by atoms with E-state index in [4.69, 9.17) is 14.2 Å². The third-order valence-electron chi connectivity index (χ3n) is 5.12. The number of carbonyl (C=O) groups excluding carboxylic acids is 1. The Kier molecular flexibility index (Phi) is 5.35. The molecule has 30 heavy (non-hydrogen) atoms. The Hall–Kier alpha value is -3.48. The van der Waals surface area contributed by atoms with Crippen LogP contribution in [0.2, 0.25) is 0 Å². The minimum atomic E-state index is -0.0853. The number of amides is 1. The molecule has 0 unspecified atom stereocenters. The van der Waals surface area contributed by atoms with E-state index in [1.54, 1.807) is 39.7 Å². The van der Waals surface area contributed by atoms with Crippen molar-refractivity contribution in [1.82, 2.24) is 14.9 Å². The molecule has 0 saturated heterocycles. The highest BCUT2D eigenvalue weighted by molar-refractivity contribution is 5.95. The Morgan fingerprint density at radius 1 is 1.07 bits per heavy atom. The highest BCUT2D eigenvalue weighted by atomic mass is 16.5. The third kappa shape index (κ3) is 3.70. The number of hydrogen-bond acceptors (Lipinski definition) is 5. The first kappa shape index (κ1) is 19.8. The van der Waals surface area contributed by atoms with Crippen molar-refractivity contribution in [2.75, 3.05) is 21.3 Å². The number of benzene rings is 2. The standard InChI is InChI=1S/C23H25N3O4/c1-14-11-17(21(30-4)20(12-14)29-3)22-24-9-10-26(22)18-13-15(5-8-19(18)28-2)23(27)25-16-6-7-16/h5,8-13,16H,6-7H2,1-4H3,(H,25,27). The maximum Gasteiger partial charge on any atom is 0.251 e. The molecule has 1 aromatic heterocycles. The van der Waals surface area contributed by atoms with Gasteiger partial charge < -0.3 is 19.5 Å². The van der Waals surface area contributed by atoms with Gasteiger partial charge in [0.2, 0.25) is 0 Å². The topological polar surface area (TPSA) is 74.6 Å². The summed E-state index contributed by atoms with van der Waals surface area (Å²) in [7, 11) is 4.82. The van der Waals surface area contributed by atoms with Crippen molar-refractivity contribution in [2.24, 2.45) is 0 Å². The van der Waals surface area contributed by atoms with Crippen molar-refractivity contribution >= 4 is 5.91 Å². The zero-order valence-corrected chi connectivity index (χ0v) is 17.6. The summed E-state index contributed by atoms with van der Waals surface area (Å²) in [5.41, 5.74) is 3.10. The molecule has 3 aromatic rings. The zero-order chi connectivity index (χ0) is 21.3. The Balaban J connectivity index is 1.84. The average molecular weight is 407 g/mol. The minimum Gasteiger partial charge on any atom is -0.495 e. The summed E-state index contributed by atoms with van der Waals surface area (Å²) in [6.45, 7) is 1.99. The van der Waals surface area contributed by atoms with Gasteiger partial charge in [-0.15, -0.1) is 0 Å². The van der Waals surface area contributed by atoms with Crippen molar-refractivity contribution < 1.29 is 19.0 Å². The molecule has 1 N–H and O–H groups in total. The molecule has 0 radical (unpaired) electrons. The molecule has 1 saturated carbocycles. The molecular weight excluding hydrogens is 382 g/mol. The average Bonchev–Trinajstić information content (AvgIpc) is 3.44. The van der Waals surface area contributed by atoms with Crippen LogP contribution in [-0.4, -0.2) is 42.8 Å². The number of hydrogen-bond donors (Lipinski definition) is 1. The number of nitrogens with one attached hydrogen (secondary N) is 1. The lowest BCUT2D eigenvalue weighted by atomic mass is 10.1. The molecule has 1 aliphatic carbocycles. The Labute approximate surface area is 175 Å². The number of aromatic nitrogens is 2. The van der Waals surface area contributed by atoms with Crippen LogP contribution in [-0.2, 0) is 0 Å². The fraction of sp³-hybridized carbons (Fsp3) is 0.304. The van der Waals surface area contributed by atoms with Gasteiger partial charge in [-0.3, -0.25) is 9.36 Å².